The van der Waals surface area contributed by atoms with E-state index in [-0.39, 0.29) is 5.97 Å². The molecule has 1 aromatic carbocycles. The fourth-order valence-corrected chi connectivity index (χ4v) is 1.79. The van der Waals surface area contributed by atoms with E-state index in [1.807, 2.05) is 18.2 Å². The fraction of sp³-hybridized carbons (Fsp3) is 0.562. The number of esters is 1. The van der Waals surface area contributed by atoms with E-state index < -0.39 is 0 Å². The van der Waals surface area contributed by atoms with Gasteiger partial charge in [0, 0.05) is 0 Å². The second-order valence-corrected chi connectivity index (χ2v) is 6.45. The van der Waals surface area contributed by atoms with Crippen LogP contribution >= 0.6 is 0 Å². The number of hydrogen-bond acceptors (Lipinski definition) is 2. The van der Waals surface area contributed by atoms with Crippen molar-refractivity contribution in [2.75, 3.05) is 34.3 Å². The van der Waals surface area contributed by atoms with Gasteiger partial charge in [0.25, 0.3) is 0 Å². The number of rotatable bonds is 6. The van der Waals surface area contributed by atoms with Crippen molar-refractivity contribution in [1.29, 1.82) is 0 Å². The Hall–Kier alpha value is -1.35. The molecule has 0 radical (unpaired) electrons. The highest BCUT2D eigenvalue weighted by Crippen LogP contribution is 2.11. The Balaban J connectivity index is 2.57. The van der Waals surface area contributed by atoms with Crippen molar-refractivity contribution in [2.24, 2.45) is 5.92 Å². The lowest BCUT2D eigenvalue weighted by molar-refractivity contribution is -0.870. The van der Waals surface area contributed by atoms with Crippen LogP contribution in [-0.2, 0) is 11.2 Å². The summed E-state index contributed by atoms with van der Waals surface area (Å²) >= 11 is 0. The molecule has 0 bridgehead atoms. The smallest absolute Gasteiger partial charge is 0.338 e. The standard InChI is InChI=1S/C16H26NO2/c1-13(2)11-14-7-6-8-15(12-14)16(18)19-10-9-17(3,4)5/h6-8,12-13H,9-11H2,1-5H3/q+1. The highest BCUT2D eigenvalue weighted by atomic mass is 16.5. The Morgan fingerprint density at radius 3 is 2.53 bits per heavy atom. The van der Waals surface area contributed by atoms with Crippen LogP contribution in [0.2, 0.25) is 0 Å². The molecular formula is C16H26NO2+. The highest BCUT2D eigenvalue weighted by Gasteiger charge is 2.11. The Kier molecular flexibility index (Phi) is 5.55. The second-order valence-electron chi connectivity index (χ2n) is 6.45. The van der Waals surface area contributed by atoms with E-state index in [4.69, 9.17) is 4.74 Å². The number of quaternary nitrogens is 1. The predicted octanol–water partition coefficient (Wildman–Crippen LogP) is 2.75. The van der Waals surface area contributed by atoms with E-state index >= 15 is 0 Å². The molecule has 0 aliphatic heterocycles. The van der Waals surface area contributed by atoms with Gasteiger partial charge in [0.2, 0.25) is 0 Å². The largest absolute Gasteiger partial charge is 0.456 e. The van der Waals surface area contributed by atoms with Crippen molar-refractivity contribution in [2.45, 2.75) is 20.3 Å². The summed E-state index contributed by atoms with van der Waals surface area (Å²) in [5, 5.41) is 0. The summed E-state index contributed by atoms with van der Waals surface area (Å²) in [5.74, 6) is 0.364. The van der Waals surface area contributed by atoms with E-state index in [9.17, 15) is 4.79 Å². The van der Waals surface area contributed by atoms with E-state index in [2.05, 4.69) is 41.1 Å². The average molecular weight is 264 g/mol. The molecule has 0 fully saturated rings. The third-order valence-corrected chi connectivity index (χ3v) is 2.80. The van der Waals surface area contributed by atoms with E-state index in [0.717, 1.165) is 17.4 Å². The maximum atomic E-state index is 11.9. The number of carbonyl (C=O) groups is 1. The molecule has 1 rings (SSSR count). The number of nitrogens with zero attached hydrogens (tertiary/aromatic N) is 1. The first-order valence-electron chi connectivity index (χ1n) is 6.84. The first-order chi connectivity index (χ1) is 8.78. The molecule has 0 saturated heterocycles. The van der Waals surface area contributed by atoms with Crippen LogP contribution in [0.3, 0.4) is 0 Å². The van der Waals surface area contributed by atoms with Crippen LogP contribution in [0.1, 0.15) is 29.8 Å². The summed E-state index contributed by atoms with van der Waals surface area (Å²) in [6, 6.07) is 7.74. The van der Waals surface area contributed by atoms with Crippen molar-refractivity contribution in [3.05, 3.63) is 35.4 Å². The molecule has 0 aliphatic rings. The first kappa shape index (κ1) is 15.7. The van der Waals surface area contributed by atoms with Crippen molar-refractivity contribution in [3.63, 3.8) is 0 Å². The van der Waals surface area contributed by atoms with E-state index in [0.29, 0.717) is 18.1 Å². The van der Waals surface area contributed by atoms with Gasteiger partial charge in [0.15, 0.2) is 0 Å². The van der Waals surface area contributed by atoms with Gasteiger partial charge in [-0.3, -0.25) is 0 Å². The SMILES string of the molecule is CC(C)Cc1cccc(C(=O)OCC[N+](C)(C)C)c1. The average Bonchev–Trinajstić information content (AvgIpc) is 2.26. The van der Waals surface area contributed by atoms with Gasteiger partial charge in [-0.25, -0.2) is 4.79 Å². The predicted molar refractivity (Wildman–Crippen MR) is 78.2 cm³/mol. The lowest BCUT2D eigenvalue weighted by atomic mass is 10.0. The fourth-order valence-electron chi connectivity index (χ4n) is 1.79. The summed E-state index contributed by atoms with van der Waals surface area (Å²) in [5.41, 5.74) is 1.84. The third-order valence-electron chi connectivity index (χ3n) is 2.80. The minimum atomic E-state index is -0.223. The molecule has 0 aromatic heterocycles. The van der Waals surface area contributed by atoms with Crippen LogP contribution in [-0.4, -0.2) is 44.7 Å². The molecule has 0 spiro atoms. The molecular weight excluding hydrogens is 238 g/mol. The molecule has 0 saturated carbocycles. The van der Waals surface area contributed by atoms with Crippen molar-refractivity contribution < 1.29 is 14.0 Å². The summed E-state index contributed by atoms with van der Waals surface area (Å²) in [4.78, 5) is 11.9. The van der Waals surface area contributed by atoms with Gasteiger partial charge in [-0.05, 0) is 30.0 Å². The van der Waals surface area contributed by atoms with Crippen molar-refractivity contribution >= 4 is 5.97 Å². The van der Waals surface area contributed by atoms with Gasteiger partial charge < -0.3 is 9.22 Å². The van der Waals surface area contributed by atoms with Crippen LogP contribution in [0.15, 0.2) is 24.3 Å². The zero-order chi connectivity index (χ0) is 14.5. The van der Waals surface area contributed by atoms with E-state index in [1.54, 1.807) is 0 Å². The van der Waals surface area contributed by atoms with Crippen molar-refractivity contribution in [1.82, 2.24) is 0 Å². The first-order valence-corrected chi connectivity index (χ1v) is 6.84. The lowest BCUT2D eigenvalue weighted by Crippen LogP contribution is -2.38. The molecule has 0 atom stereocenters. The Morgan fingerprint density at radius 1 is 1.26 bits per heavy atom. The minimum Gasteiger partial charge on any atom is -0.456 e. The molecule has 0 unspecified atom stereocenters. The lowest BCUT2D eigenvalue weighted by Gasteiger charge is -2.23. The second kappa shape index (κ2) is 6.71. The van der Waals surface area contributed by atoms with Crippen LogP contribution in [0.25, 0.3) is 0 Å². The molecule has 0 amide bonds. The molecule has 1 aromatic rings. The number of hydrogen-bond donors (Lipinski definition) is 0. The molecule has 3 nitrogen and oxygen atoms in total. The molecule has 3 heteroatoms. The Bertz CT molecular complexity index is 419. The van der Waals surface area contributed by atoms with Gasteiger partial charge in [0.05, 0.1) is 26.7 Å². The summed E-state index contributed by atoms with van der Waals surface area (Å²) in [6.07, 6.45) is 0.986. The van der Waals surface area contributed by atoms with Crippen molar-refractivity contribution in [3.8, 4) is 0 Å². The van der Waals surface area contributed by atoms with Gasteiger partial charge in [-0.2, -0.15) is 0 Å². The molecule has 0 aliphatic carbocycles. The van der Waals surface area contributed by atoms with Crippen LogP contribution in [0, 0.1) is 5.92 Å². The van der Waals surface area contributed by atoms with Gasteiger partial charge in [-0.1, -0.05) is 26.0 Å². The molecule has 0 N–H and O–H groups in total. The molecule has 19 heavy (non-hydrogen) atoms. The number of carbonyl (C=O) groups excluding carboxylic acids is 1. The van der Waals surface area contributed by atoms with Crippen LogP contribution < -0.4 is 0 Å². The zero-order valence-corrected chi connectivity index (χ0v) is 12.8. The van der Waals surface area contributed by atoms with Gasteiger partial charge in [0.1, 0.15) is 13.2 Å². The van der Waals surface area contributed by atoms with Crippen LogP contribution in [0.5, 0.6) is 0 Å². The van der Waals surface area contributed by atoms with Gasteiger partial charge >= 0.3 is 5.97 Å². The number of benzene rings is 1. The maximum Gasteiger partial charge on any atom is 0.338 e. The maximum absolute atomic E-state index is 11.9. The van der Waals surface area contributed by atoms with E-state index in [1.165, 1.54) is 5.56 Å². The molecule has 106 valence electrons. The topological polar surface area (TPSA) is 26.3 Å². The zero-order valence-electron chi connectivity index (χ0n) is 12.8. The summed E-state index contributed by atoms with van der Waals surface area (Å²) in [6.45, 7) is 5.62. The highest BCUT2D eigenvalue weighted by molar-refractivity contribution is 5.89. The Morgan fingerprint density at radius 2 is 1.95 bits per heavy atom. The van der Waals surface area contributed by atoms with Crippen LogP contribution in [0.4, 0.5) is 0 Å². The Labute approximate surface area is 116 Å². The minimum absolute atomic E-state index is 0.223. The monoisotopic (exact) mass is 264 g/mol. The number of likely N-dealkylation sites (N-methyl/N-ethyl adjacent to an activating group) is 1. The number of ether oxygens (including phenoxy) is 1. The summed E-state index contributed by atoms with van der Waals surface area (Å²) < 4.78 is 6.10. The third kappa shape index (κ3) is 6.39. The molecule has 0 heterocycles. The quantitative estimate of drug-likeness (QED) is 0.583. The summed E-state index contributed by atoms with van der Waals surface area (Å²) in [7, 11) is 6.24. The van der Waals surface area contributed by atoms with Gasteiger partial charge in [-0.15, -0.1) is 0 Å². The normalized spacial score (nSPS) is 11.7.